The van der Waals surface area contributed by atoms with Crippen LogP contribution >= 0.6 is 0 Å². The Balaban J connectivity index is 1.90. The molecule has 172 valence electrons. The second-order valence-corrected chi connectivity index (χ2v) is 8.70. The third kappa shape index (κ3) is 3.91. The number of nitrogens with two attached hydrogens (primary N) is 1. The molecule has 2 aromatic carbocycles. The maximum Gasteiger partial charge on any atom is 0.412 e. The Morgan fingerprint density at radius 1 is 1.24 bits per heavy atom. The van der Waals surface area contributed by atoms with Crippen LogP contribution in [0.2, 0.25) is 0 Å². The lowest BCUT2D eigenvalue weighted by Gasteiger charge is -2.35. The summed E-state index contributed by atoms with van der Waals surface area (Å²) in [7, 11) is -2.92. The summed E-state index contributed by atoms with van der Waals surface area (Å²) in [5.41, 5.74) is -0.120. The number of methoxy groups -OCH3 is 1. The summed E-state index contributed by atoms with van der Waals surface area (Å²) in [4.78, 5) is 29.9. The molecule has 0 atom stereocenters. The number of pyridine rings is 1. The molecule has 3 aromatic rings. The number of anilines is 2. The van der Waals surface area contributed by atoms with Crippen molar-refractivity contribution in [1.82, 2.24) is 4.98 Å². The first-order valence-corrected chi connectivity index (χ1v) is 10.8. The predicted octanol–water partition coefficient (Wildman–Crippen LogP) is 2.20. The minimum Gasteiger partial charge on any atom is -0.497 e. The van der Waals surface area contributed by atoms with Crippen molar-refractivity contribution in [3.05, 3.63) is 53.7 Å². The number of ether oxygens (including phenoxy) is 1. The van der Waals surface area contributed by atoms with Gasteiger partial charge in [-0.3, -0.25) is 14.7 Å². The average Bonchev–Trinajstić information content (AvgIpc) is 2.75. The number of primary sulfonamides is 1. The van der Waals surface area contributed by atoms with E-state index in [1.54, 1.807) is 18.2 Å². The molecule has 0 fully saturated rings. The molecule has 0 saturated carbocycles. The summed E-state index contributed by atoms with van der Waals surface area (Å²) in [5.74, 6) is -2.75. The number of nitrogens with zero attached hydrogens (tertiary/aromatic N) is 3. The van der Waals surface area contributed by atoms with Crippen molar-refractivity contribution in [1.29, 1.82) is 0 Å². The molecule has 33 heavy (non-hydrogen) atoms. The average molecular weight is 478 g/mol. The van der Waals surface area contributed by atoms with Crippen molar-refractivity contribution in [3.63, 3.8) is 0 Å². The van der Waals surface area contributed by atoms with Crippen LogP contribution in [0.1, 0.15) is 5.56 Å². The van der Waals surface area contributed by atoms with Gasteiger partial charge >= 0.3 is 6.09 Å². The van der Waals surface area contributed by atoms with E-state index in [1.165, 1.54) is 13.3 Å². The van der Waals surface area contributed by atoms with Crippen molar-refractivity contribution in [2.45, 2.75) is 11.4 Å². The summed E-state index contributed by atoms with van der Waals surface area (Å²) in [6.45, 7) is -1.24. The third-order valence-corrected chi connectivity index (χ3v) is 6.07. The van der Waals surface area contributed by atoms with E-state index in [9.17, 15) is 31.9 Å². The molecule has 13 heteroatoms. The van der Waals surface area contributed by atoms with Crippen molar-refractivity contribution in [2.24, 2.45) is 5.14 Å². The summed E-state index contributed by atoms with van der Waals surface area (Å²) in [6.07, 6.45) is -0.171. The summed E-state index contributed by atoms with van der Waals surface area (Å²) < 4.78 is 57.4. The number of aromatic nitrogens is 1. The Labute approximate surface area is 185 Å². The smallest absolute Gasteiger partial charge is 0.412 e. The minimum atomic E-state index is -4.36. The van der Waals surface area contributed by atoms with E-state index in [-0.39, 0.29) is 11.4 Å². The van der Waals surface area contributed by atoms with E-state index in [0.29, 0.717) is 28.8 Å². The number of amides is 2. The van der Waals surface area contributed by atoms with Crippen LogP contribution in [0.3, 0.4) is 0 Å². The highest BCUT2D eigenvalue weighted by Gasteiger charge is 2.35. The van der Waals surface area contributed by atoms with Gasteiger partial charge in [-0.25, -0.2) is 27.1 Å². The second-order valence-electron chi connectivity index (χ2n) is 7.13. The van der Waals surface area contributed by atoms with Crippen LogP contribution in [0, 0.1) is 11.6 Å². The van der Waals surface area contributed by atoms with Crippen LogP contribution in [0.25, 0.3) is 10.9 Å². The highest BCUT2D eigenvalue weighted by Crippen LogP contribution is 2.41. The molecule has 2 heterocycles. The number of sulfonamides is 1. The first kappa shape index (κ1) is 22.4. The largest absolute Gasteiger partial charge is 0.497 e. The highest BCUT2D eigenvalue weighted by molar-refractivity contribution is 7.89. The lowest BCUT2D eigenvalue weighted by atomic mass is 10.1. The van der Waals surface area contributed by atoms with Gasteiger partial charge in [0.15, 0.2) is 0 Å². The summed E-state index contributed by atoms with van der Waals surface area (Å²) >= 11 is 0. The van der Waals surface area contributed by atoms with Crippen LogP contribution in [0.5, 0.6) is 5.75 Å². The van der Waals surface area contributed by atoms with Gasteiger partial charge in [-0.05, 0) is 24.3 Å². The molecule has 4 rings (SSSR count). The molecule has 0 spiro atoms. The van der Waals surface area contributed by atoms with E-state index in [0.717, 1.165) is 9.80 Å². The predicted molar refractivity (Wildman–Crippen MR) is 113 cm³/mol. The Morgan fingerprint density at radius 3 is 2.48 bits per heavy atom. The number of halogens is 2. The third-order valence-electron chi connectivity index (χ3n) is 5.17. The summed E-state index contributed by atoms with van der Waals surface area (Å²) in [6, 6.07) is 5.78. The fraction of sp³-hybridized carbons (Fsp3) is 0.150. The lowest BCUT2D eigenvalue weighted by molar-refractivity contribution is -0.117. The molecule has 1 aliphatic rings. The van der Waals surface area contributed by atoms with Gasteiger partial charge in [0.1, 0.15) is 23.9 Å². The topological polar surface area (TPSA) is 143 Å². The number of benzene rings is 2. The van der Waals surface area contributed by atoms with Gasteiger partial charge in [0.2, 0.25) is 15.9 Å². The normalized spacial score (nSPS) is 13.9. The minimum absolute atomic E-state index is 0.0433. The SMILES string of the molecule is COc1ccc2c3c(cnc2c1)N(C(=O)O)CC(=O)N3Cc1c(F)cc(S(N)(=O)=O)cc1F. The first-order chi connectivity index (χ1) is 15.5. The number of hydrogen-bond acceptors (Lipinski definition) is 6. The lowest BCUT2D eigenvalue weighted by Crippen LogP contribution is -2.47. The van der Waals surface area contributed by atoms with Gasteiger partial charge in [0.05, 0.1) is 41.6 Å². The molecular weight excluding hydrogens is 462 g/mol. The van der Waals surface area contributed by atoms with Crippen LogP contribution in [0.4, 0.5) is 25.0 Å². The maximum absolute atomic E-state index is 14.7. The van der Waals surface area contributed by atoms with Crippen LogP contribution < -0.4 is 19.7 Å². The number of rotatable bonds is 4. The van der Waals surface area contributed by atoms with E-state index < -0.39 is 57.2 Å². The maximum atomic E-state index is 14.7. The first-order valence-electron chi connectivity index (χ1n) is 9.29. The zero-order valence-corrected chi connectivity index (χ0v) is 17.8. The molecule has 0 saturated heterocycles. The molecule has 0 bridgehead atoms. The molecular formula is C20H16F2N4O6S. The van der Waals surface area contributed by atoms with E-state index in [1.807, 2.05) is 0 Å². The number of fused-ring (bicyclic) bond motifs is 3. The van der Waals surface area contributed by atoms with Crippen molar-refractivity contribution in [3.8, 4) is 5.75 Å². The molecule has 2 amide bonds. The quantitative estimate of drug-likeness (QED) is 0.585. The van der Waals surface area contributed by atoms with Crippen molar-refractivity contribution in [2.75, 3.05) is 23.5 Å². The van der Waals surface area contributed by atoms with Gasteiger partial charge in [-0.15, -0.1) is 0 Å². The summed E-state index contributed by atoms with van der Waals surface area (Å²) in [5, 5.41) is 14.8. The van der Waals surface area contributed by atoms with Gasteiger partial charge in [0, 0.05) is 17.0 Å². The second kappa shape index (κ2) is 7.94. The van der Waals surface area contributed by atoms with E-state index in [4.69, 9.17) is 9.88 Å². The van der Waals surface area contributed by atoms with Crippen LogP contribution in [-0.4, -0.2) is 44.2 Å². The van der Waals surface area contributed by atoms with Gasteiger partial charge in [-0.2, -0.15) is 0 Å². The van der Waals surface area contributed by atoms with E-state index in [2.05, 4.69) is 4.98 Å². The monoisotopic (exact) mass is 478 g/mol. The Bertz CT molecular complexity index is 1410. The zero-order chi connectivity index (χ0) is 24.1. The fourth-order valence-corrected chi connectivity index (χ4v) is 4.11. The number of carbonyl (C=O) groups is 2. The Kier molecular flexibility index (Phi) is 5.38. The molecule has 10 nitrogen and oxygen atoms in total. The fourth-order valence-electron chi connectivity index (χ4n) is 3.58. The molecule has 0 unspecified atom stereocenters. The molecule has 3 N–H and O–H groups in total. The number of carboxylic acid groups (broad SMARTS) is 1. The van der Waals surface area contributed by atoms with Crippen LogP contribution in [0.15, 0.2) is 41.4 Å². The molecule has 0 radical (unpaired) electrons. The number of hydrogen-bond donors (Lipinski definition) is 2. The Hall–Kier alpha value is -3.84. The van der Waals surface area contributed by atoms with E-state index >= 15 is 0 Å². The molecule has 1 aromatic heterocycles. The molecule has 1 aliphatic heterocycles. The van der Waals surface area contributed by atoms with Crippen molar-refractivity contribution < 1.29 is 36.6 Å². The van der Waals surface area contributed by atoms with Gasteiger partial charge < -0.3 is 14.7 Å². The zero-order valence-electron chi connectivity index (χ0n) is 16.9. The number of carbonyl (C=O) groups excluding carboxylic acids is 1. The van der Waals surface area contributed by atoms with Gasteiger partial charge in [0.25, 0.3) is 0 Å². The standard InChI is InChI=1S/C20H16F2N4O6S/c1-32-10-2-3-12-16(4-10)24-7-17-19(12)26(18(27)9-25(17)20(28)29)8-13-14(21)5-11(6-15(13)22)33(23,30)31/h2-7H,8-9H2,1H3,(H,28,29)(H2,23,30,31). The Morgan fingerprint density at radius 2 is 1.91 bits per heavy atom. The molecule has 0 aliphatic carbocycles. The highest BCUT2D eigenvalue weighted by atomic mass is 32.2. The van der Waals surface area contributed by atoms with Gasteiger partial charge in [-0.1, -0.05) is 0 Å². The van der Waals surface area contributed by atoms with Crippen molar-refractivity contribution >= 4 is 44.3 Å². The van der Waals surface area contributed by atoms with Crippen LogP contribution in [-0.2, 0) is 21.4 Å².